The SMILES string of the molecule is CN1C(=O)N(CC(=O)Nc2ccccc2F)C(=O)C12CCCCC2. The number of hydrogen-bond acceptors (Lipinski definition) is 3. The van der Waals surface area contributed by atoms with E-state index in [0.29, 0.717) is 12.8 Å². The molecule has 4 amide bonds. The van der Waals surface area contributed by atoms with Gasteiger partial charge >= 0.3 is 6.03 Å². The van der Waals surface area contributed by atoms with Gasteiger partial charge in [-0.05, 0) is 25.0 Å². The number of para-hydroxylation sites is 1. The monoisotopic (exact) mass is 333 g/mol. The third-order valence-corrected chi connectivity index (χ3v) is 4.93. The zero-order valence-electron chi connectivity index (χ0n) is 13.5. The van der Waals surface area contributed by atoms with E-state index in [1.807, 2.05) is 0 Å². The van der Waals surface area contributed by atoms with Crippen molar-refractivity contribution in [3.8, 4) is 0 Å². The van der Waals surface area contributed by atoms with Crippen LogP contribution in [0.5, 0.6) is 0 Å². The molecule has 2 aliphatic rings. The van der Waals surface area contributed by atoms with Gasteiger partial charge in [-0.25, -0.2) is 9.18 Å². The lowest BCUT2D eigenvalue weighted by Crippen LogP contribution is -2.49. The Morgan fingerprint density at radius 2 is 1.88 bits per heavy atom. The van der Waals surface area contributed by atoms with E-state index in [2.05, 4.69) is 5.32 Å². The van der Waals surface area contributed by atoms with Crippen LogP contribution in [0.15, 0.2) is 24.3 Å². The summed E-state index contributed by atoms with van der Waals surface area (Å²) in [6.07, 6.45) is 4.07. The highest BCUT2D eigenvalue weighted by Gasteiger charge is 2.55. The number of rotatable bonds is 3. The summed E-state index contributed by atoms with van der Waals surface area (Å²) in [6, 6.07) is 5.29. The van der Waals surface area contributed by atoms with Gasteiger partial charge in [-0.1, -0.05) is 31.4 Å². The first-order chi connectivity index (χ1) is 11.5. The normalized spacial score (nSPS) is 19.9. The molecule has 1 heterocycles. The maximum Gasteiger partial charge on any atom is 0.327 e. The molecule has 1 aromatic rings. The molecule has 1 spiro atoms. The number of nitrogens with zero attached hydrogens (tertiary/aromatic N) is 2. The second kappa shape index (κ2) is 6.22. The summed E-state index contributed by atoms with van der Waals surface area (Å²) < 4.78 is 13.6. The number of hydrogen-bond donors (Lipinski definition) is 1. The molecule has 0 bridgehead atoms. The predicted molar refractivity (Wildman–Crippen MR) is 85.7 cm³/mol. The van der Waals surface area contributed by atoms with E-state index >= 15 is 0 Å². The van der Waals surface area contributed by atoms with E-state index < -0.39 is 29.8 Å². The predicted octanol–water partition coefficient (Wildman–Crippen LogP) is 2.36. The number of carbonyl (C=O) groups is 3. The highest BCUT2D eigenvalue weighted by Crippen LogP contribution is 2.39. The van der Waals surface area contributed by atoms with Crippen molar-refractivity contribution in [3.63, 3.8) is 0 Å². The Morgan fingerprint density at radius 3 is 2.54 bits per heavy atom. The van der Waals surface area contributed by atoms with Crippen LogP contribution < -0.4 is 5.32 Å². The van der Waals surface area contributed by atoms with Gasteiger partial charge in [0.1, 0.15) is 17.9 Å². The second-order valence-corrected chi connectivity index (χ2v) is 6.35. The zero-order chi connectivity index (χ0) is 17.3. The first-order valence-corrected chi connectivity index (χ1v) is 8.10. The summed E-state index contributed by atoms with van der Waals surface area (Å²) in [6.45, 7) is -0.405. The largest absolute Gasteiger partial charge is 0.327 e. The van der Waals surface area contributed by atoms with E-state index in [-0.39, 0.29) is 11.6 Å². The van der Waals surface area contributed by atoms with Crippen LogP contribution in [0, 0.1) is 5.82 Å². The van der Waals surface area contributed by atoms with Crippen molar-refractivity contribution in [1.29, 1.82) is 0 Å². The lowest BCUT2D eigenvalue weighted by molar-refractivity contribution is -0.136. The number of anilines is 1. The van der Waals surface area contributed by atoms with Gasteiger partial charge in [0.25, 0.3) is 5.91 Å². The van der Waals surface area contributed by atoms with Crippen molar-refractivity contribution in [1.82, 2.24) is 9.80 Å². The number of amides is 4. The standard InChI is InChI=1S/C17H20FN3O3/c1-20-16(24)21(15(23)17(20)9-5-2-6-10-17)11-14(22)19-13-8-4-3-7-12(13)18/h3-4,7-8H,2,5-6,9-11H2,1H3,(H,19,22). The molecule has 24 heavy (non-hydrogen) atoms. The van der Waals surface area contributed by atoms with Crippen LogP contribution in [0.1, 0.15) is 32.1 Å². The minimum atomic E-state index is -0.812. The Labute approximate surface area is 139 Å². The lowest BCUT2D eigenvalue weighted by Gasteiger charge is -2.35. The van der Waals surface area contributed by atoms with Gasteiger partial charge in [-0.2, -0.15) is 0 Å². The van der Waals surface area contributed by atoms with Crippen molar-refractivity contribution in [2.45, 2.75) is 37.6 Å². The van der Waals surface area contributed by atoms with Gasteiger partial charge in [0.2, 0.25) is 5.91 Å². The Hall–Kier alpha value is -2.44. The number of imide groups is 1. The fraction of sp³-hybridized carbons (Fsp3) is 0.471. The molecule has 6 nitrogen and oxygen atoms in total. The first-order valence-electron chi connectivity index (χ1n) is 8.10. The second-order valence-electron chi connectivity index (χ2n) is 6.35. The molecule has 0 unspecified atom stereocenters. The number of nitrogens with one attached hydrogen (secondary N) is 1. The van der Waals surface area contributed by atoms with Crippen LogP contribution in [0.3, 0.4) is 0 Å². The Morgan fingerprint density at radius 1 is 1.21 bits per heavy atom. The quantitative estimate of drug-likeness (QED) is 0.863. The number of urea groups is 1. The molecule has 1 saturated heterocycles. The average Bonchev–Trinajstić information content (AvgIpc) is 2.74. The van der Waals surface area contributed by atoms with Crippen molar-refractivity contribution in [3.05, 3.63) is 30.1 Å². The smallest absolute Gasteiger partial charge is 0.322 e. The Kier molecular flexibility index (Phi) is 4.26. The van der Waals surface area contributed by atoms with E-state index in [9.17, 15) is 18.8 Å². The Balaban J connectivity index is 1.73. The number of benzene rings is 1. The fourth-order valence-corrected chi connectivity index (χ4v) is 3.57. The summed E-state index contributed by atoms with van der Waals surface area (Å²) in [5, 5.41) is 2.41. The van der Waals surface area contributed by atoms with Crippen molar-refractivity contribution >= 4 is 23.5 Å². The molecular formula is C17H20FN3O3. The highest BCUT2D eigenvalue weighted by atomic mass is 19.1. The van der Waals surface area contributed by atoms with E-state index in [1.54, 1.807) is 13.1 Å². The topological polar surface area (TPSA) is 69.7 Å². The minimum absolute atomic E-state index is 0.0299. The molecule has 0 aromatic heterocycles. The van der Waals surface area contributed by atoms with Crippen LogP contribution in [0.2, 0.25) is 0 Å². The van der Waals surface area contributed by atoms with Crippen molar-refractivity contribution < 1.29 is 18.8 Å². The van der Waals surface area contributed by atoms with E-state index in [4.69, 9.17) is 0 Å². The molecule has 0 radical (unpaired) electrons. The maximum absolute atomic E-state index is 13.6. The van der Waals surface area contributed by atoms with Crippen LogP contribution in [0.25, 0.3) is 0 Å². The number of halogens is 1. The third-order valence-electron chi connectivity index (χ3n) is 4.93. The Bertz CT molecular complexity index is 685. The molecule has 2 fully saturated rings. The van der Waals surface area contributed by atoms with Gasteiger partial charge < -0.3 is 10.2 Å². The van der Waals surface area contributed by atoms with Gasteiger partial charge in [0.15, 0.2) is 0 Å². The number of likely N-dealkylation sites (N-methyl/N-ethyl adjacent to an activating group) is 1. The molecule has 128 valence electrons. The van der Waals surface area contributed by atoms with E-state index in [0.717, 1.165) is 24.2 Å². The summed E-state index contributed by atoms with van der Waals surface area (Å²) >= 11 is 0. The fourth-order valence-electron chi connectivity index (χ4n) is 3.57. The minimum Gasteiger partial charge on any atom is -0.322 e. The summed E-state index contributed by atoms with van der Waals surface area (Å²) in [5.74, 6) is -1.48. The average molecular weight is 333 g/mol. The van der Waals surface area contributed by atoms with Gasteiger partial charge in [0.05, 0.1) is 5.69 Å². The summed E-state index contributed by atoms with van der Waals surface area (Å²) in [4.78, 5) is 39.8. The summed E-state index contributed by atoms with van der Waals surface area (Å²) in [5.41, 5.74) is -0.782. The van der Waals surface area contributed by atoms with Crippen LogP contribution in [-0.2, 0) is 9.59 Å². The maximum atomic E-state index is 13.6. The number of carbonyl (C=O) groups excluding carboxylic acids is 3. The van der Waals surface area contributed by atoms with Crippen molar-refractivity contribution in [2.24, 2.45) is 0 Å². The van der Waals surface area contributed by atoms with Crippen LogP contribution >= 0.6 is 0 Å². The van der Waals surface area contributed by atoms with Gasteiger partial charge in [-0.3, -0.25) is 14.5 Å². The van der Waals surface area contributed by atoms with Gasteiger partial charge in [0, 0.05) is 7.05 Å². The molecule has 7 heteroatoms. The lowest BCUT2D eigenvalue weighted by atomic mass is 9.81. The molecule has 1 N–H and O–H groups in total. The summed E-state index contributed by atoms with van der Waals surface area (Å²) in [7, 11) is 1.61. The highest BCUT2D eigenvalue weighted by molar-refractivity contribution is 6.10. The molecular weight excluding hydrogens is 313 g/mol. The zero-order valence-corrected chi connectivity index (χ0v) is 13.5. The molecule has 0 atom stereocenters. The molecule has 1 saturated carbocycles. The molecule has 1 aliphatic heterocycles. The molecule has 3 rings (SSSR count). The van der Waals surface area contributed by atoms with E-state index in [1.165, 1.54) is 23.1 Å². The first kappa shape index (κ1) is 16.4. The molecule has 1 aliphatic carbocycles. The third kappa shape index (κ3) is 2.64. The van der Waals surface area contributed by atoms with Crippen LogP contribution in [-0.4, -0.2) is 46.8 Å². The van der Waals surface area contributed by atoms with Crippen LogP contribution in [0.4, 0.5) is 14.9 Å². The van der Waals surface area contributed by atoms with Gasteiger partial charge in [-0.15, -0.1) is 0 Å². The molecule has 1 aromatic carbocycles. The van der Waals surface area contributed by atoms with Crippen molar-refractivity contribution in [2.75, 3.05) is 18.9 Å².